The third-order valence-electron chi connectivity index (χ3n) is 7.14. The molecule has 3 aliphatic rings. The monoisotopic (exact) mass is 508 g/mol. The van der Waals surface area contributed by atoms with Gasteiger partial charge in [-0.05, 0) is 55.4 Å². The molecule has 33 heavy (non-hydrogen) atoms. The van der Waals surface area contributed by atoms with Gasteiger partial charge >= 0.3 is 0 Å². The fourth-order valence-corrected chi connectivity index (χ4v) is 8.52. The topological polar surface area (TPSA) is 104 Å². The molecule has 2 saturated carbocycles. The predicted octanol–water partition coefficient (Wildman–Crippen LogP) is 2.80. The van der Waals surface area contributed by atoms with Crippen molar-refractivity contribution in [2.45, 2.75) is 48.1 Å². The number of benzene rings is 1. The first kappa shape index (κ1) is 22.8. The maximum Gasteiger partial charge on any atom is 0.264 e. The van der Waals surface area contributed by atoms with E-state index in [4.69, 9.17) is 11.6 Å². The SMILES string of the molecule is O=C(NCc1ccc(Cl)cc1)c1csc2c1CCN(CC1(S(=O)(=O)C3(CO)CC3)CC1)C2=O. The number of nitrogens with one attached hydrogen (secondary N) is 1. The summed E-state index contributed by atoms with van der Waals surface area (Å²) in [5.41, 5.74) is 2.16. The first-order valence-electron chi connectivity index (χ1n) is 11.0. The lowest BCUT2D eigenvalue weighted by atomic mass is 10.0. The molecule has 2 amide bonds. The molecule has 0 atom stereocenters. The molecule has 0 saturated heterocycles. The highest BCUT2D eigenvalue weighted by Crippen LogP contribution is 2.56. The molecule has 1 aromatic heterocycles. The summed E-state index contributed by atoms with van der Waals surface area (Å²) in [4.78, 5) is 28.1. The van der Waals surface area contributed by atoms with Gasteiger partial charge in [-0.2, -0.15) is 0 Å². The van der Waals surface area contributed by atoms with Crippen molar-refractivity contribution in [3.63, 3.8) is 0 Å². The molecule has 10 heteroatoms. The molecule has 176 valence electrons. The van der Waals surface area contributed by atoms with Gasteiger partial charge in [-0.3, -0.25) is 9.59 Å². The normalized spacial score (nSPS) is 20.3. The van der Waals surface area contributed by atoms with Gasteiger partial charge in [0.05, 0.1) is 26.5 Å². The number of hydrogen-bond donors (Lipinski definition) is 2. The molecule has 7 nitrogen and oxygen atoms in total. The van der Waals surface area contributed by atoms with Crippen LogP contribution in [-0.4, -0.2) is 59.4 Å². The van der Waals surface area contributed by atoms with Gasteiger partial charge in [0.25, 0.3) is 11.8 Å². The van der Waals surface area contributed by atoms with E-state index >= 15 is 0 Å². The minimum Gasteiger partial charge on any atom is -0.395 e. The van der Waals surface area contributed by atoms with E-state index in [-0.39, 0.29) is 25.0 Å². The quantitative estimate of drug-likeness (QED) is 0.570. The number of rotatable bonds is 8. The van der Waals surface area contributed by atoms with Crippen molar-refractivity contribution in [3.8, 4) is 0 Å². The van der Waals surface area contributed by atoms with E-state index in [0.29, 0.717) is 60.7 Å². The fraction of sp³-hybridized carbons (Fsp3) is 0.478. The number of carbonyl (C=O) groups excluding carboxylic acids is 2. The summed E-state index contributed by atoms with van der Waals surface area (Å²) < 4.78 is 24.5. The second kappa shape index (κ2) is 8.08. The highest BCUT2D eigenvalue weighted by molar-refractivity contribution is 7.94. The lowest BCUT2D eigenvalue weighted by Gasteiger charge is -2.32. The van der Waals surface area contributed by atoms with Crippen LogP contribution in [0.1, 0.15) is 56.8 Å². The smallest absolute Gasteiger partial charge is 0.264 e. The van der Waals surface area contributed by atoms with Crippen molar-refractivity contribution < 1.29 is 23.1 Å². The zero-order valence-corrected chi connectivity index (χ0v) is 20.4. The van der Waals surface area contributed by atoms with Crippen LogP contribution in [0.5, 0.6) is 0 Å². The van der Waals surface area contributed by atoms with Gasteiger partial charge in [0, 0.05) is 30.0 Å². The second-order valence-corrected chi connectivity index (χ2v) is 13.3. The number of halogens is 1. The molecule has 0 bridgehead atoms. The molecular weight excluding hydrogens is 484 g/mol. The van der Waals surface area contributed by atoms with Crippen LogP contribution in [0, 0.1) is 0 Å². The van der Waals surface area contributed by atoms with E-state index in [1.54, 1.807) is 22.4 Å². The van der Waals surface area contributed by atoms with Crippen LogP contribution in [0.4, 0.5) is 0 Å². The lowest BCUT2D eigenvalue weighted by molar-refractivity contribution is 0.0741. The number of carbonyl (C=O) groups is 2. The van der Waals surface area contributed by atoms with E-state index in [1.807, 2.05) is 12.1 Å². The molecule has 2 heterocycles. The summed E-state index contributed by atoms with van der Waals surface area (Å²) in [6.07, 6.45) is 2.54. The summed E-state index contributed by atoms with van der Waals surface area (Å²) in [7, 11) is -3.52. The Labute approximate surface area is 201 Å². The van der Waals surface area contributed by atoms with Gasteiger partial charge < -0.3 is 15.3 Å². The van der Waals surface area contributed by atoms with E-state index < -0.39 is 19.3 Å². The van der Waals surface area contributed by atoms with Crippen molar-refractivity contribution in [2.24, 2.45) is 0 Å². The number of aliphatic hydroxyl groups excluding tert-OH is 1. The van der Waals surface area contributed by atoms with Crippen LogP contribution < -0.4 is 5.32 Å². The predicted molar refractivity (Wildman–Crippen MR) is 126 cm³/mol. The minimum absolute atomic E-state index is 0.158. The summed E-state index contributed by atoms with van der Waals surface area (Å²) in [6, 6.07) is 7.22. The van der Waals surface area contributed by atoms with Crippen molar-refractivity contribution >= 4 is 44.6 Å². The Bertz CT molecular complexity index is 1210. The van der Waals surface area contributed by atoms with Crippen LogP contribution in [0.3, 0.4) is 0 Å². The van der Waals surface area contributed by atoms with Crippen LogP contribution in [0.2, 0.25) is 5.02 Å². The summed E-state index contributed by atoms with van der Waals surface area (Å²) in [6.45, 7) is 0.539. The molecule has 1 aromatic carbocycles. The Kier molecular flexibility index (Phi) is 5.59. The maximum atomic E-state index is 13.2. The van der Waals surface area contributed by atoms with Crippen LogP contribution in [0.25, 0.3) is 0 Å². The molecule has 1 aliphatic heterocycles. The van der Waals surface area contributed by atoms with Gasteiger partial charge in [0.15, 0.2) is 9.84 Å². The van der Waals surface area contributed by atoms with E-state index in [9.17, 15) is 23.1 Å². The summed E-state index contributed by atoms with van der Waals surface area (Å²) in [5.74, 6) is -0.447. The van der Waals surface area contributed by atoms with Gasteiger partial charge in [-0.1, -0.05) is 23.7 Å². The standard InChI is InChI=1S/C23H25ClN2O5S2/c24-16-3-1-15(2-4-16)11-25-20(28)18-12-32-19-17(18)5-10-26(21(19)29)13-22(6-7-22)33(30,31)23(14-27)8-9-23/h1-4,12,27H,5-11,13-14H2,(H,25,28). The molecule has 2 N–H and O–H groups in total. The molecule has 0 unspecified atom stereocenters. The average Bonchev–Trinajstić information content (AvgIpc) is 3.72. The summed E-state index contributed by atoms with van der Waals surface area (Å²) >= 11 is 7.13. The Balaban J connectivity index is 1.28. The lowest BCUT2D eigenvalue weighted by Crippen LogP contribution is -2.48. The highest BCUT2D eigenvalue weighted by Gasteiger charge is 2.67. The number of sulfone groups is 1. The molecule has 0 radical (unpaired) electrons. The Morgan fingerprint density at radius 2 is 1.82 bits per heavy atom. The zero-order chi connectivity index (χ0) is 23.4. The average molecular weight is 509 g/mol. The van der Waals surface area contributed by atoms with Gasteiger partial charge in [0.1, 0.15) is 0 Å². The number of fused-ring (bicyclic) bond motifs is 1. The van der Waals surface area contributed by atoms with Crippen molar-refractivity contribution in [2.75, 3.05) is 19.7 Å². The molecular formula is C23H25ClN2O5S2. The van der Waals surface area contributed by atoms with Gasteiger partial charge in [-0.15, -0.1) is 11.3 Å². The molecule has 0 spiro atoms. The number of hydrogen-bond acceptors (Lipinski definition) is 6. The first-order valence-corrected chi connectivity index (χ1v) is 13.7. The van der Waals surface area contributed by atoms with Crippen molar-refractivity contribution in [1.29, 1.82) is 0 Å². The number of amides is 2. The number of nitrogens with zero attached hydrogens (tertiary/aromatic N) is 1. The third-order valence-corrected chi connectivity index (χ3v) is 11.8. The van der Waals surface area contributed by atoms with Gasteiger partial charge in [-0.25, -0.2) is 8.42 Å². The van der Waals surface area contributed by atoms with E-state index in [1.165, 1.54) is 11.3 Å². The largest absolute Gasteiger partial charge is 0.395 e. The van der Waals surface area contributed by atoms with Crippen LogP contribution >= 0.6 is 22.9 Å². The molecule has 2 fully saturated rings. The third kappa shape index (κ3) is 3.79. The Morgan fingerprint density at radius 1 is 1.15 bits per heavy atom. The van der Waals surface area contributed by atoms with Crippen LogP contribution in [0.15, 0.2) is 29.6 Å². The van der Waals surface area contributed by atoms with Crippen molar-refractivity contribution in [1.82, 2.24) is 10.2 Å². The second-order valence-electron chi connectivity index (χ2n) is 9.27. The molecule has 2 aliphatic carbocycles. The minimum atomic E-state index is -3.52. The molecule has 5 rings (SSSR count). The first-order chi connectivity index (χ1) is 15.7. The molecule has 2 aromatic rings. The van der Waals surface area contributed by atoms with Crippen molar-refractivity contribution in [3.05, 3.63) is 56.2 Å². The van der Waals surface area contributed by atoms with Crippen LogP contribution in [-0.2, 0) is 22.8 Å². The Hall–Kier alpha value is -1.94. The Morgan fingerprint density at radius 3 is 2.42 bits per heavy atom. The van der Waals surface area contributed by atoms with E-state index in [2.05, 4.69) is 5.32 Å². The van der Waals surface area contributed by atoms with Gasteiger partial charge in [0.2, 0.25) is 0 Å². The van der Waals surface area contributed by atoms with E-state index in [0.717, 1.165) is 11.1 Å². The zero-order valence-electron chi connectivity index (χ0n) is 18.0. The highest BCUT2D eigenvalue weighted by atomic mass is 35.5. The number of aliphatic hydroxyl groups is 1. The maximum absolute atomic E-state index is 13.2. The summed E-state index contributed by atoms with van der Waals surface area (Å²) in [5, 5.41) is 14.9. The fourth-order valence-electron chi connectivity index (χ4n) is 4.63. The number of thiophene rings is 1.